The molecule has 20 heavy (non-hydrogen) atoms. The van der Waals surface area contributed by atoms with Crippen molar-refractivity contribution in [3.05, 3.63) is 59.2 Å². The van der Waals surface area contributed by atoms with Crippen LogP contribution in [-0.4, -0.2) is 4.98 Å². The first-order valence-corrected chi connectivity index (χ1v) is 7.00. The van der Waals surface area contributed by atoms with Gasteiger partial charge < -0.3 is 14.7 Å². The number of aryl methyl sites for hydroxylation is 2. The topological polar surface area (TPSA) is 41.0 Å². The average molecular weight is 268 g/mol. The van der Waals surface area contributed by atoms with Gasteiger partial charge in [0.25, 0.3) is 0 Å². The van der Waals surface area contributed by atoms with Crippen LogP contribution in [0.3, 0.4) is 0 Å². The SMILES string of the molecule is Cc1cc(C(C)NCc2c[nH]c3ccccc23)c(C)o1. The fraction of sp³-hybridized carbons (Fsp3) is 0.294. The third kappa shape index (κ3) is 2.37. The van der Waals surface area contributed by atoms with Gasteiger partial charge >= 0.3 is 0 Å². The molecule has 0 amide bonds. The number of aromatic nitrogens is 1. The molecule has 1 unspecified atom stereocenters. The van der Waals surface area contributed by atoms with Crippen LogP contribution in [0.5, 0.6) is 0 Å². The van der Waals surface area contributed by atoms with Gasteiger partial charge in [-0.2, -0.15) is 0 Å². The van der Waals surface area contributed by atoms with E-state index >= 15 is 0 Å². The summed E-state index contributed by atoms with van der Waals surface area (Å²) in [5.41, 5.74) is 3.72. The lowest BCUT2D eigenvalue weighted by molar-refractivity contribution is 0.490. The van der Waals surface area contributed by atoms with Crippen molar-refractivity contribution in [3.8, 4) is 0 Å². The molecule has 3 heteroatoms. The second-order valence-corrected chi connectivity index (χ2v) is 5.33. The Hall–Kier alpha value is -2.00. The molecule has 0 aliphatic carbocycles. The molecular weight excluding hydrogens is 248 g/mol. The standard InChI is InChI=1S/C17H20N2O/c1-11-8-16(13(3)20-11)12(2)18-9-14-10-19-17-7-5-4-6-15(14)17/h4-8,10,12,18-19H,9H2,1-3H3. The van der Waals surface area contributed by atoms with E-state index in [2.05, 4.69) is 53.8 Å². The van der Waals surface area contributed by atoms with E-state index in [-0.39, 0.29) is 6.04 Å². The number of fused-ring (bicyclic) bond motifs is 1. The van der Waals surface area contributed by atoms with Crippen LogP contribution < -0.4 is 5.32 Å². The molecule has 2 aromatic heterocycles. The minimum atomic E-state index is 0.279. The van der Waals surface area contributed by atoms with Crippen molar-refractivity contribution < 1.29 is 4.42 Å². The molecule has 0 bridgehead atoms. The van der Waals surface area contributed by atoms with Crippen molar-refractivity contribution in [2.75, 3.05) is 0 Å². The minimum Gasteiger partial charge on any atom is -0.466 e. The second-order valence-electron chi connectivity index (χ2n) is 5.33. The summed E-state index contributed by atoms with van der Waals surface area (Å²) < 4.78 is 5.60. The highest BCUT2D eigenvalue weighted by Gasteiger charge is 2.12. The zero-order chi connectivity index (χ0) is 14.1. The molecule has 104 valence electrons. The summed E-state index contributed by atoms with van der Waals surface area (Å²) in [5, 5.41) is 4.85. The van der Waals surface area contributed by atoms with Gasteiger partial charge in [-0.25, -0.2) is 0 Å². The third-order valence-corrected chi connectivity index (χ3v) is 3.82. The lowest BCUT2D eigenvalue weighted by atomic mass is 10.1. The summed E-state index contributed by atoms with van der Waals surface area (Å²) in [7, 11) is 0. The summed E-state index contributed by atoms with van der Waals surface area (Å²) in [6.07, 6.45) is 2.08. The number of H-pyrrole nitrogens is 1. The first-order valence-electron chi connectivity index (χ1n) is 7.00. The lowest BCUT2D eigenvalue weighted by Crippen LogP contribution is -2.18. The molecular formula is C17H20N2O. The summed E-state index contributed by atoms with van der Waals surface area (Å²) in [6.45, 7) is 7.02. The van der Waals surface area contributed by atoms with E-state index in [0.717, 1.165) is 18.1 Å². The van der Waals surface area contributed by atoms with E-state index in [4.69, 9.17) is 4.42 Å². The fourth-order valence-corrected chi connectivity index (χ4v) is 2.73. The van der Waals surface area contributed by atoms with Gasteiger partial charge in [0, 0.05) is 35.2 Å². The highest BCUT2D eigenvalue weighted by molar-refractivity contribution is 5.82. The van der Waals surface area contributed by atoms with Crippen LogP contribution in [-0.2, 0) is 6.54 Å². The van der Waals surface area contributed by atoms with Crippen molar-refractivity contribution in [2.24, 2.45) is 0 Å². The summed E-state index contributed by atoms with van der Waals surface area (Å²) in [5.74, 6) is 1.97. The zero-order valence-corrected chi connectivity index (χ0v) is 12.2. The van der Waals surface area contributed by atoms with Crippen LogP contribution in [0.2, 0.25) is 0 Å². The van der Waals surface area contributed by atoms with E-state index in [1.807, 2.05) is 13.8 Å². The van der Waals surface area contributed by atoms with Gasteiger partial charge in [0.2, 0.25) is 0 Å². The van der Waals surface area contributed by atoms with Crippen molar-refractivity contribution in [2.45, 2.75) is 33.4 Å². The first-order chi connectivity index (χ1) is 9.65. The Labute approximate surface area is 119 Å². The fourth-order valence-electron chi connectivity index (χ4n) is 2.73. The van der Waals surface area contributed by atoms with Gasteiger partial charge in [0.05, 0.1) is 0 Å². The quantitative estimate of drug-likeness (QED) is 0.743. The molecule has 3 nitrogen and oxygen atoms in total. The molecule has 3 rings (SSSR count). The Morgan fingerprint density at radius 1 is 1.25 bits per heavy atom. The number of hydrogen-bond donors (Lipinski definition) is 2. The van der Waals surface area contributed by atoms with Crippen molar-refractivity contribution in [3.63, 3.8) is 0 Å². The van der Waals surface area contributed by atoms with Gasteiger partial charge in [-0.1, -0.05) is 18.2 Å². The number of para-hydroxylation sites is 1. The molecule has 2 N–H and O–H groups in total. The summed E-state index contributed by atoms with van der Waals surface area (Å²) >= 11 is 0. The zero-order valence-electron chi connectivity index (χ0n) is 12.2. The largest absolute Gasteiger partial charge is 0.466 e. The number of furan rings is 1. The Morgan fingerprint density at radius 3 is 2.80 bits per heavy atom. The highest BCUT2D eigenvalue weighted by atomic mass is 16.3. The molecule has 3 aromatic rings. The molecule has 2 heterocycles. The molecule has 0 fully saturated rings. The molecule has 1 aromatic carbocycles. The van der Waals surface area contributed by atoms with Crippen LogP contribution in [0.1, 0.15) is 35.6 Å². The van der Waals surface area contributed by atoms with E-state index < -0.39 is 0 Å². The second kappa shape index (κ2) is 5.17. The summed E-state index contributed by atoms with van der Waals surface area (Å²) in [4.78, 5) is 3.31. The Kier molecular flexibility index (Phi) is 3.36. The third-order valence-electron chi connectivity index (χ3n) is 3.82. The molecule has 0 saturated carbocycles. The molecule has 0 saturated heterocycles. The van der Waals surface area contributed by atoms with Crippen LogP contribution in [0.4, 0.5) is 0 Å². The van der Waals surface area contributed by atoms with Gasteiger partial charge in [0.1, 0.15) is 11.5 Å². The minimum absolute atomic E-state index is 0.279. The predicted molar refractivity (Wildman–Crippen MR) is 81.7 cm³/mol. The molecule has 1 atom stereocenters. The number of benzene rings is 1. The maximum Gasteiger partial charge on any atom is 0.105 e. The van der Waals surface area contributed by atoms with Gasteiger partial charge in [0.15, 0.2) is 0 Å². The van der Waals surface area contributed by atoms with E-state index in [1.54, 1.807) is 0 Å². The smallest absolute Gasteiger partial charge is 0.105 e. The maximum atomic E-state index is 5.60. The Bertz CT molecular complexity index is 724. The van der Waals surface area contributed by atoms with Crippen molar-refractivity contribution >= 4 is 10.9 Å². The normalized spacial score (nSPS) is 12.9. The van der Waals surface area contributed by atoms with E-state index in [0.29, 0.717) is 0 Å². The van der Waals surface area contributed by atoms with Gasteiger partial charge in [-0.3, -0.25) is 0 Å². The number of rotatable bonds is 4. The summed E-state index contributed by atoms with van der Waals surface area (Å²) in [6, 6.07) is 10.8. The molecule has 0 aliphatic rings. The molecule has 0 aliphatic heterocycles. The number of nitrogens with one attached hydrogen (secondary N) is 2. The molecule has 0 radical (unpaired) electrons. The van der Waals surface area contributed by atoms with Crippen LogP contribution in [0.25, 0.3) is 10.9 Å². The lowest BCUT2D eigenvalue weighted by Gasteiger charge is -2.12. The Balaban J connectivity index is 1.74. The molecule has 0 spiro atoms. The monoisotopic (exact) mass is 268 g/mol. The van der Waals surface area contributed by atoms with Gasteiger partial charge in [-0.15, -0.1) is 0 Å². The van der Waals surface area contributed by atoms with Gasteiger partial charge in [-0.05, 0) is 38.5 Å². The Morgan fingerprint density at radius 2 is 2.05 bits per heavy atom. The maximum absolute atomic E-state index is 5.60. The first kappa shape index (κ1) is 13.0. The van der Waals surface area contributed by atoms with Crippen LogP contribution in [0, 0.1) is 13.8 Å². The van der Waals surface area contributed by atoms with E-state index in [1.165, 1.54) is 22.0 Å². The average Bonchev–Trinajstić information content (AvgIpc) is 2.99. The predicted octanol–water partition coefficient (Wildman–Crippen LogP) is 4.23. The van der Waals surface area contributed by atoms with Crippen LogP contribution >= 0.6 is 0 Å². The van der Waals surface area contributed by atoms with E-state index in [9.17, 15) is 0 Å². The highest BCUT2D eigenvalue weighted by Crippen LogP contribution is 2.23. The number of hydrogen-bond acceptors (Lipinski definition) is 2. The van der Waals surface area contributed by atoms with Crippen LogP contribution in [0.15, 0.2) is 40.9 Å². The number of aromatic amines is 1. The van der Waals surface area contributed by atoms with Crippen molar-refractivity contribution in [1.82, 2.24) is 10.3 Å². The van der Waals surface area contributed by atoms with Crippen molar-refractivity contribution in [1.29, 1.82) is 0 Å².